The fraction of sp³-hybridized carbons (Fsp3) is 0.500. The number of piperidine rings is 1. The first-order valence-corrected chi connectivity index (χ1v) is 5.70. The highest BCUT2D eigenvalue weighted by molar-refractivity contribution is 5.88. The molecule has 4 heteroatoms. The van der Waals surface area contributed by atoms with Gasteiger partial charge < -0.3 is 10.6 Å². The lowest BCUT2D eigenvalue weighted by molar-refractivity contribution is -0.114. The Morgan fingerprint density at radius 1 is 1.50 bits per heavy atom. The zero-order valence-electron chi connectivity index (χ0n) is 9.49. The third-order valence-electron chi connectivity index (χ3n) is 2.91. The van der Waals surface area contributed by atoms with E-state index in [0.717, 1.165) is 31.7 Å². The van der Waals surface area contributed by atoms with Crippen molar-refractivity contribution >= 4 is 11.7 Å². The average molecular weight is 219 g/mol. The molecule has 0 radical (unpaired) electrons. The van der Waals surface area contributed by atoms with E-state index in [-0.39, 0.29) is 5.91 Å². The van der Waals surface area contributed by atoms with Crippen LogP contribution < -0.4 is 10.6 Å². The standard InChI is InChI=1S/C12H17N3O/c1-9(16)15-12-11(3-2-6-14-12)10-4-7-13-8-5-10/h2-3,6,10,13H,4-5,7-8H2,1H3,(H,14,15,16). The van der Waals surface area contributed by atoms with Gasteiger partial charge in [-0.15, -0.1) is 0 Å². The quantitative estimate of drug-likeness (QED) is 0.792. The molecule has 0 atom stereocenters. The van der Waals surface area contributed by atoms with Gasteiger partial charge in [-0.3, -0.25) is 4.79 Å². The molecule has 1 aromatic heterocycles. The topological polar surface area (TPSA) is 54.0 Å². The van der Waals surface area contributed by atoms with Gasteiger partial charge in [0.2, 0.25) is 5.91 Å². The van der Waals surface area contributed by atoms with E-state index in [1.54, 1.807) is 6.20 Å². The van der Waals surface area contributed by atoms with E-state index in [2.05, 4.69) is 21.7 Å². The number of rotatable bonds is 2. The summed E-state index contributed by atoms with van der Waals surface area (Å²) in [6, 6.07) is 4.00. The second-order valence-corrected chi connectivity index (χ2v) is 4.15. The summed E-state index contributed by atoms with van der Waals surface area (Å²) >= 11 is 0. The molecule has 0 aliphatic carbocycles. The Morgan fingerprint density at radius 2 is 2.25 bits per heavy atom. The summed E-state index contributed by atoms with van der Waals surface area (Å²) in [6.45, 7) is 3.60. The molecule has 1 aromatic rings. The van der Waals surface area contributed by atoms with Crippen LogP contribution in [0, 0.1) is 0 Å². The van der Waals surface area contributed by atoms with E-state index in [4.69, 9.17) is 0 Å². The lowest BCUT2D eigenvalue weighted by Crippen LogP contribution is -2.27. The molecule has 0 unspecified atom stereocenters. The minimum Gasteiger partial charge on any atom is -0.317 e. The first-order chi connectivity index (χ1) is 7.77. The van der Waals surface area contributed by atoms with Crippen LogP contribution in [0.3, 0.4) is 0 Å². The Balaban J connectivity index is 2.20. The van der Waals surface area contributed by atoms with Crippen molar-refractivity contribution in [3.8, 4) is 0 Å². The van der Waals surface area contributed by atoms with Crippen LogP contribution in [0.1, 0.15) is 31.2 Å². The zero-order valence-corrected chi connectivity index (χ0v) is 9.49. The number of carbonyl (C=O) groups is 1. The van der Waals surface area contributed by atoms with Gasteiger partial charge in [-0.1, -0.05) is 6.07 Å². The van der Waals surface area contributed by atoms with Crippen LogP contribution in [0.25, 0.3) is 0 Å². The van der Waals surface area contributed by atoms with Gasteiger partial charge in [0.15, 0.2) is 0 Å². The summed E-state index contributed by atoms with van der Waals surface area (Å²) < 4.78 is 0. The third-order valence-corrected chi connectivity index (χ3v) is 2.91. The molecular formula is C12H17N3O. The lowest BCUT2D eigenvalue weighted by Gasteiger charge is -2.24. The maximum Gasteiger partial charge on any atom is 0.222 e. The second-order valence-electron chi connectivity index (χ2n) is 4.15. The Labute approximate surface area is 95.5 Å². The number of anilines is 1. The van der Waals surface area contributed by atoms with Crippen LogP contribution in [-0.2, 0) is 4.79 Å². The fourth-order valence-corrected chi connectivity index (χ4v) is 2.15. The lowest BCUT2D eigenvalue weighted by atomic mass is 9.90. The first-order valence-electron chi connectivity index (χ1n) is 5.70. The predicted octanol–water partition coefficient (Wildman–Crippen LogP) is 1.51. The molecule has 2 heterocycles. The predicted molar refractivity (Wildman–Crippen MR) is 63.4 cm³/mol. The van der Waals surface area contributed by atoms with Crippen LogP contribution in [0.5, 0.6) is 0 Å². The van der Waals surface area contributed by atoms with E-state index in [0.29, 0.717) is 5.92 Å². The van der Waals surface area contributed by atoms with Crippen molar-refractivity contribution in [3.05, 3.63) is 23.9 Å². The summed E-state index contributed by atoms with van der Waals surface area (Å²) in [4.78, 5) is 15.3. The number of hydrogen-bond acceptors (Lipinski definition) is 3. The van der Waals surface area contributed by atoms with Gasteiger partial charge in [0.25, 0.3) is 0 Å². The van der Waals surface area contributed by atoms with Crippen LogP contribution >= 0.6 is 0 Å². The number of pyridine rings is 1. The highest BCUT2D eigenvalue weighted by Gasteiger charge is 2.18. The van der Waals surface area contributed by atoms with Gasteiger partial charge in [-0.2, -0.15) is 0 Å². The monoisotopic (exact) mass is 219 g/mol. The van der Waals surface area contributed by atoms with Gasteiger partial charge in [0.05, 0.1) is 0 Å². The minimum atomic E-state index is -0.0612. The Bertz CT molecular complexity index is 372. The largest absolute Gasteiger partial charge is 0.317 e. The molecule has 16 heavy (non-hydrogen) atoms. The third kappa shape index (κ3) is 2.58. The van der Waals surface area contributed by atoms with Crippen molar-refractivity contribution in [1.82, 2.24) is 10.3 Å². The number of carbonyl (C=O) groups excluding carboxylic acids is 1. The molecule has 1 saturated heterocycles. The van der Waals surface area contributed by atoms with Gasteiger partial charge in [0.1, 0.15) is 5.82 Å². The number of nitrogens with zero attached hydrogens (tertiary/aromatic N) is 1. The van der Waals surface area contributed by atoms with Crippen molar-refractivity contribution in [2.75, 3.05) is 18.4 Å². The van der Waals surface area contributed by atoms with Crippen molar-refractivity contribution in [2.45, 2.75) is 25.7 Å². The smallest absolute Gasteiger partial charge is 0.222 e. The number of aromatic nitrogens is 1. The van der Waals surface area contributed by atoms with E-state index >= 15 is 0 Å². The molecule has 1 aliphatic heterocycles. The molecule has 1 fully saturated rings. The number of nitrogens with one attached hydrogen (secondary N) is 2. The molecule has 1 amide bonds. The van der Waals surface area contributed by atoms with E-state index in [1.807, 2.05) is 6.07 Å². The normalized spacial score (nSPS) is 17.1. The molecule has 2 N–H and O–H groups in total. The molecule has 2 rings (SSSR count). The average Bonchev–Trinajstić information content (AvgIpc) is 2.30. The number of amides is 1. The summed E-state index contributed by atoms with van der Waals surface area (Å²) in [6.07, 6.45) is 3.94. The molecule has 86 valence electrons. The highest BCUT2D eigenvalue weighted by Crippen LogP contribution is 2.29. The SMILES string of the molecule is CC(=O)Nc1ncccc1C1CCNCC1. The molecule has 0 spiro atoms. The zero-order chi connectivity index (χ0) is 11.4. The second kappa shape index (κ2) is 5.07. The Kier molecular flexibility index (Phi) is 3.51. The van der Waals surface area contributed by atoms with E-state index in [1.165, 1.54) is 12.5 Å². The summed E-state index contributed by atoms with van der Waals surface area (Å²) in [7, 11) is 0. The van der Waals surface area contributed by atoms with E-state index < -0.39 is 0 Å². The maximum atomic E-state index is 11.1. The van der Waals surface area contributed by atoms with Crippen LogP contribution in [0.2, 0.25) is 0 Å². The molecule has 4 nitrogen and oxygen atoms in total. The van der Waals surface area contributed by atoms with Gasteiger partial charge in [0, 0.05) is 13.1 Å². The van der Waals surface area contributed by atoms with Gasteiger partial charge in [-0.05, 0) is 43.5 Å². The molecule has 0 aromatic carbocycles. The van der Waals surface area contributed by atoms with Crippen molar-refractivity contribution in [1.29, 1.82) is 0 Å². The molecular weight excluding hydrogens is 202 g/mol. The maximum absolute atomic E-state index is 11.1. The molecule has 1 aliphatic rings. The van der Waals surface area contributed by atoms with Crippen molar-refractivity contribution in [3.63, 3.8) is 0 Å². The van der Waals surface area contributed by atoms with Gasteiger partial charge >= 0.3 is 0 Å². The first kappa shape index (κ1) is 11.1. The van der Waals surface area contributed by atoms with Crippen molar-refractivity contribution in [2.24, 2.45) is 0 Å². The Morgan fingerprint density at radius 3 is 2.94 bits per heavy atom. The molecule has 0 bridgehead atoms. The van der Waals surface area contributed by atoms with Crippen LogP contribution in [-0.4, -0.2) is 24.0 Å². The minimum absolute atomic E-state index is 0.0612. The van der Waals surface area contributed by atoms with Crippen LogP contribution in [0.15, 0.2) is 18.3 Å². The summed E-state index contributed by atoms with van der Waals surface area (Å²) in [5.74, 6) is 1.17. The van der Waals surface area contributed by atoms with Crippen molar-refractivity contribution < 1.29 is 4.79 Å². The fourth-order valence-electron chi connectivity index (χ4n) is 2.15. The Hall–Kier alpha value is -1.42. The number of hydrogen-bond donors (Lipinski definition) is 2. The van der Waals surface area contributed by atoms with E-state index in [9.17, 15) is 4.79 Å². The summed E-state index contributed by atoms with van der Waals surface area (Å²) in [5.41, 5.74) is 1.17. The highest BCUT2D eigenvalue weighted by atomic mass is 16.1. The summed E-state index contributed by atoms with van der Waals surface area (Å²) in [5, 5.41) is 6.14. The van der Waals surface area contributed by atoms with Gasteiger partial charge in [-0.25, -0.2) is 4.98 Å². The molecule has 0 saturated carbocycles. The van der Waals surface area contributed by atoms with Crippen LogP contribution in [0.4, 0.5) is 5.82 Å².